The Kier molecular flexibility index (Phi) is 5.07. The summed E-state index contributed by atoms with van der Waals surface area (Å²) in [6.45, 7) is 14.5. The fourth-order valence-electron chi connectivity index (χ4n) is 1.49. The molecule has 1 heterocycles. The van der Waals surface area contributed by atoms with Crippen molar-refractivity contribution in [1.29, 1.82) is 0 Å². The van der Waals surface area contributed by atoms with E-state index in [2.05, 4.69) is 9.97 Å². The lowest BCUT2D eigenvalue weighted by Gasteiger charge is -2.40. The van der Waals surface area contributed by atoms with Crippen molar-refractivity contribution >= 4 is 12.4 Å². The number of hydrogen-bond acceptors (Lipinski definition) is 5. The van der Waals surface area contributed by atoms with Gasteiger partial charge in [0.25, 0.3) is 0 Å². The van der Waals surface area contributed by atoms with Crippen LogP contribution in [0.4, 0.5) is 0 Å². The number of hydroxylamine groups is 2. The van der Waals surface area contributed by atoms with Gasteiger partial charge in [0.2, 0.25) is 11.7 Å². The van der Waals surface area contributed by atoms with Crippen LogP contribution in [0.3, 0.4) is 0 Å². The molecule has 0 unspecified atom stereocenters. The lowest BCUT2D eigenvalue weighted by atomic mass is 10.1. The number of nitroso groups, excluding NO2 is 1. The molecule has 0 spiro atoms. The van der Waals surface area contributed by atoms with Gasteiger partial charge in [-0.3, -0.25) is 0 Å². The Hall–Kier alpha value is -1.82. The smallest absolute Gasteiger partial charge is 0.248 e. The minimum atomic E-state index is -0.537. The number of nitrogens with zero attached hydrogens (tertiary/aromatic N) is 4. The molecule has 1 aromatic heterocycles. The Morgan fingerprint density at radius 3 is 1.91 bits per heavy atom. The standard InChI is InChI=1S/C16H26N4O2/c1-11-13(9-19(21)15(3,4)5)18-12(2)14(17-11)10-20(22)16(6,7)8/h9-10H,1-8H3. The van der Waals surface area contributed by atoms with Crippen LogP contribution < -0.4 is 10.7 Å². The molecule has 0 radical (unpaired) electrons. The van der Waals surface area contributed by atoms with Gasteiger partial charge in [-0.25, -0.2) is 9.97 Å². The van der Waals surface area contributed by atoms with Crippen LogP contribution >= 0.6 is 0 Å². The molecule has 0 atom stereocenters. The first-order chi connectivity index (χ1) is 9.82. The Morgan fingerprint density at radius 2 is 1.45 bits per heavy atom. The molecule has 0 aliphatic heterocycles. The summed E-state index contributed by atoms with van der Waals surface area (Å²) in [7, 11) is 0. The second kappa shape index (κ2) is 6.12. The Morgan fingerprint density at radius 1 is 1.00 bits per heavy atom. The third-order valence-electron chi connectivity index (χ3n) is 3.12. The maximum Gasteiger partial charge on any atom is 0.248 e. The van der Waals surface area contributed by atoms with Crippen LogP contribution in [0.1, 0.15) is 52.9 Å². The van der Waals surface area contributed by atoms with Crippen molar-refractivity contribution < 1.29 is 4.76 Å². The van der Waals surface area contributed by atoms with Crippen molar-refractivity contribution in [3.8, 4) is 0 Å². The summed E-state index contributed by atoms with van der Waals surface area (Å²) >= 11 is 0. The zero-order valence-corrected chi connectivity index (χ0v) is 14.8. The summed E-state index contributed by atoms with van der Waals surface area (Å²) in [5, 5.41) is 13.9. The van der Waals surface area contributed by atoms with E-state index in [1.807, 2.05) is 41.5 Å². The van der Waals surface area contributed by atoms with Crippen LogP contribution in [0, 0.1) is 24.0 Å². The first-order valence-electron chi connectivity index (χ1n) is 7.30. The summed E-state index contributed by atoms with van der Waals surface area (Å²) in [6, 6.07) is 0. The molecule has 0 fully saturated rings. The van der Waals surface area contributed by atoms with E-state index in [1.165, 1.54) is 12.4 Å². The molecule has 0 saturated heterocycles. The number of rotatable bonds is 2. The second-order valence-corrected chi connectivity index (χ2v) is 7.42. The number of aromatic nitrogens is 2. The van der Waals surface area contributed by atoms with Gasteiger partial charge in [0.15, 0.2) is 5.35 Å². The van der Waals surface area contributed by atoms with Crippen molar-refractivity contribution in [2.24, 2.45) is 0 Å². The summed E-state index contributed by atoms with van der Waals surface area (Å²) in [4.78, 5) is 20.8. The lowest BCUT2D eigenvalue weighted by Crippen LogP contribution is -2.36. The highest BCUT2D eigenvalue weighted by molar-refractivity contribution is 5.25. The van der Waals surface area contributed by atoms with Gasteiger partial charge in [-0.1, -0.05) is 0 Å². The van der Waals surface area contributed by atoms with Gasteiger partial charge >= 0.3 is 0 Å². The minimum Gasteiger partial charge on any atom is -0.758 e. The summed E-state index contributed by atoms with van der Waals surface area (Å²) in [6.07, 6.45) is 2.88. The molecule has 0 saturated carbocycles. The zero-order valence-electron chi connectivity index (χ0n) is 14.8. The largest absolute Gasteiger partial charge is 0.758 e. The van der Waals surface area contributed by atoms with Gasteiger partial charge in [-0.15, -0.1) is 0 Å². The maximum atomic E-state index is 12.0. The van der Waals surface area contributed by atoms with Crippen LogP contribution in [0.25, 0.3) is 12.4 Å². The second-order valence-electron chi connectivity index (χ2n) is 7.42. The average molecular weight is 306 g/mol. The molecule has 0 aliphatic carbocycles. The molecule has 0 aliphatic rings. The predicted octanol–water partition coefficient (Wildman–Crippen LogP) is 1.75. The van der Waals surface area contributed by atoms with E-state index in [0.717, 1.165) is 9.82 Å². The first-order valence-corrected chi connectivity index (χ1v) is 7.30. The van der Waals surface area contributed by atoms with Crippen LogP contribution in [-0.4, -0.2) is 30.9 Å². The monoisotopic (exact) mass is 306 g/mol. The van der Waals surface area contributed by atoms with Crippen molar-refractivity contribution in [3.05, 3.63) is 32.2 Å². The maximum absolute atomic E-state index is 12.0. The molecule has 0 bridgehead atoms. The first kappa shape index (κ1) is 18.2. The SMILES string of the molecule is Cc1nc(=C[N+](=O)C(C)(C)C)c(C)nc1=CN([O-])C(C)(C)C. The van der Waals surface area contributed by atoms with Crippen LogP contribution in [0.5, 0.6) is 0 Å². The van der Waals surface area contributed by atoms with E-state index < -0.39 is 11.1 Å². The minimum absolute atomic E-state index is 0.521. The van der Waals surface area contributed by atoms with Crippen molar-refractivity contribution in [1.82, 2.24) is 15.0 Å². The van der Waals surface area contributed by atoms with Gasteiger partial charge in [-0.2, -0.15) is 0 Å². The number of hydrogen-bond donors (Lipinski definition) is 0. The van der Waals surface area contributed by atoms with E-state index >= 15 is 0 Å². The lowest BCUT2D eigenvalue weighted by molar-refractivity contribution is -0.523. The molecule has 6 heteroatoms. The molecule has 0 amide bonds. The van der Waals surface area contributed by atoms with Crippen LogP contribution in [0.15, 0.2) is 0 Å². The van der Waals surface area contributed by atoms with E-state index in [-0.39, 0.29) is 0 Å². The normalized spacial score (nSPS) is 14.4. The Bertz CT molecular complexity index is 682. The Labute approximate surface area is 131 Å². The summed E-state index contributed by atoms with van der Waals surface area (Å²) < 4.78 is 0.863. The highest BCUT2D eigenvalue weighted by Crippen LogP contribution is 2.11. The average Bonchev–Trinajstić information content (AvgIpc) is 2.32. The molecule has 0 aromatic carbocycles. The van der Waals surface area contributed by atoms with E-state index in [9.17, 15) is 10.1 Å². The predicted molar refractivity (Wildman–Crippen MR) is 88.0 cm³/mol. The summed E-state index contributed by atoms with van der Waals surface area (Å²) in [5.41, 5.74) is 0.156. The van der Waals surface area contributed by atoms with Crippen molar-refractivity contribution in [3.63, 3.8) is 0 Å². The number of aryl methyl sites for hydroxylation is 2. The van der Waals surface area contributed by atoms with Crippen LogP contribution in [0.2, 0.25) is 0 Å². The Balaban J connectivity index is 3.39. The molecule has 6 nitrogen and oxygen atoms in total. The van der Waals surface area contributed by atoms with E-state index in [0.29, 0.717) is 22.1 Å². The van der Waals surface area contributed by atoms with Gasteiger partial charge in [-0.05, 0) is 34.6 Å². The van der Waals surface area contributed by atoms with Crippen molar-refractivity contribution in [2.45, 2.75) is 66.5 Å². The molecule has 0 N–H and O–H groups in total. The third kappa shape index (κ3) is 4.59. The van der Waals surface area contributed by atoms with Gasteiger partial charge in [0.1, 0.15) is 0 Å². The van der Waals surface area contributed by atoms with Gasteiger partial charge in [0.05, 0.1) is 16.7 Å². The fourth-order valence-corrected chi connectivity index (χ4v) is 1.49. The van der Waals surface area contributed by atoms with Crippen LogP contribution in [-0.2, 0) is 0 Å². The fraction of sp³-hybridized carbons (Fsp3) is 0.625. The van der Waals surface area contributed by atoms with Gasteiger partial charge in [0, 0.05) is 42.2 Å². The van der Waals surface area contributed by atoms with Gasteiger partial charge < -0.3 is 10.3 Å². The molecule has 1 aromatic rings. The molecular weight excluding hydrogens is 280 g/mol. The molecule has 22 heavy (non-hydrogen) atoms. The third-order valence-corrected chi connectivity index (χ3v) is 3.12. The van der Waals surface area contributed by atoms with E-state index in [4.69, 9.17) is 0 Å². The topological polar surface area (TPSA) is 72.2 Å². The molecule has 122 valence electrons. The van der Waals surface area contributed by atoms with E-state index in [1.54, 1.807) is 13.8 Å². The highest BCUT2D eigenvalue weighted by atomic mass is 16.5. The quantitative estimate of drug-likeness (QED) is 0.615. The summed E-state index contributed by atoms with van der Waals surface area (Å²) in [5.74, 6) is 0. The highest BCUT2D eigenvalue weighted by Gasteiger charge is 2.27. The molecule has 1 rings (SSSR count). The zero-order chi connectivity index (χ0) is 17.3. The van der Waals surface area contributed by atoms with Crippen molar-refractivity contribution in [2.75, 3.05) is 0 Å². The molecular formula is C16H26N4O2.